The van der Waals surface area contributed by atoms with E-state index in [9.17, 15) is 9.18 Å². The molecule has 1 aromatic carbocycles. The molecule has 2 fully saturated rings. The number of nitrogens with zero attached hydrogens (tertiary/aromatic N) is 3. The molecule has 2 saturated carbocycles. The molecule has 0 N–H and O–H groups in total. The van der Waals surface area contributed by atoms with Crippen LogP contribution in [0.4, 0.5) is 4.39 Å². The van der Waals surface area contributed by atoms with E-state index in [1.807, 2.05) is 17.7 Å². The standard InChI is InChI=1S/C20H20FN3OS/c1-12-17-10-18(19(25)23(15-8-9-15)11-13-2-3-13)26-20(17)24(22-12)16-6-4-14(21)5-7-16/h4-7,10,13,15H,2-3,8-9,11H2,1H3. The number of fused-ring (bicyclic) bond motifs is 1. The van der Waals surface area contributed by atoms with E-state index in [1.165, 1.54) is 36.3 Å². The van der Waals surface area contributed by atoms with Gasteiger partial charge in [-0.1, -0.05) is 0 Å². The lowest BCUT2D eigenvalue weighted by atomic mass is 10.2. The van der Waals surface area contributed by atoms with Gasteiger partial charge in [0.15, 0.2) is 0 Å². The van der Waals surface area contributed by atoms with Gasteiger partial charge in [0.1, 0.15) is 10.6 Å². The van der Waals surface area contributed by atoms with E-state index in [4.69, 9.17) is 0 Å². The Bertz CT molecular complexity index is 983. The van der Waals surface area contributed by atoms with Crippen LogP contribution in [0, 0.1) is 18.7 Å². The summed E-state index contributed by atoms with van der Waals surface area (Å²) in [6, 6.07) is 8.71. The van der Waals surface area contributed by atoms with E-state index in [0.717, 1.165) is 45.9 Å². The van der Waals surface area contributed by atoms with Crippen molar-refractivity contribution < 1.29 is 9.18 Å². The van der Waals surface area contributed by atoms with Crippen LogP contribution in [-0.2, 0) is 0 Å². The van der Waals surface area contributed by atoms with Crippen LogP contribution in [0.2, 0.25) is 0 Å². The predicted octanol–water partition coefficient (Wildman–Crippen LogP) is 4.55. The predicted molar refractivity (Wildman–Crippen MR) is 100 cm³/mol. The molecule has 3 aromatic rings. The summed E-state index contributed by atoms with van der Waals surface area (Å²) < 4.78 is 15.0. The Morgan fingerprint density at radius 3 is 2.65 bits per heavy atom. The van der Waals surface area contributed by atoms with Gasteiger partial charge in [-0.05, 0) is 68.9 Å². The van der Waals surface area contributed by atoms with E-state index in [2.05, 4.69) is 10.00 Å². The molecule has 0 saturated heterocycles. The molecule has 134 valence electrons. The zero-order valence-corrected chi connectivity index (χ0v) is 15.4. The van der Waals surface area contributed by atoms with Gasteiger partial charge in [-0.3, -0.25) is 4.79 Å². The third-order valence-electron chi connectivity index (χ3n) is 5.23. The van der Waals surface area contributed by atoms with E-state index >= 15 is 0 Å². The van der Waals surface area contributed by atoms with Crippen molar-refractivity contribution in [2.45, 2.75) is 38.6 Å². The molecule has 4 nitrogen and oxygen atoms in total. The molecular formula is C20H20FN3OS. The van der Waals surface area contributed by atoms with E-state index < -0.39 is 0 Å². The van der Waals surface area contributed by atoms with Gasteiger partial charge >= 0.3 is 0 Å². The summed E-state index contributed by atoms with van der Waals surface area (Å²) in [7, 11) is 0. The first-order valence-electron chi connectivity index (χ1n) is 9.16. The maximum Gasteiger partial charge on any atom is 0.264 e. The number of amides is 1. The number of carbonyl (C=O) groups is 1. The van der Waals surface area contributed by atoms with E-state index in [0.29, 0.717) is 12.0 Å². The molecule has 0 atom stereocenters. The van der Waals surface area contributed by atoms with Crippen LogP contribution in [0.3, 0.4) is 0 Å². The monoisotopic (exact) mass is 369 g/mol. The van der Waals surface area contributed by atoms with Crippen molar-refractivity contribution in [3.8, 4) is 5.69 Å². The second kappa shape index (κ2) is 5.91. The summed E-state index contributed by atoms with van der Waals surface area (Å²) >= 11 is 1.49. The SMILES string of the molecule is Cc1nn(-c2ccc(F)cc2)c2sc(C(=O)N(CC3CC3)C3CC3)cc12. The van der Waals surface area contributed by atoms with Gasteiger partial charge in [-0.25, -0.2) is 9.07 Å². The summed E-state index contributed by atoms with van der Waals surface area (Å²) in [4.78, 5) is 16.9. The maximum atomic E-state index is 13.2. The molecule has 1 amide bonds. The molecule has 0 aliphatic heterocycles. The molecule has 26 heavy (non-hydrogen) atoms. The van der Waals surface area contributed by atoms with Crippen LogP contribution in [-0.4, -0.2) is 33.2 Å². The topological polar surface area (TPSA) is 38.1 Å². The van der Waals surface area contributed by atoms with Gasteiger partial charge in [-0.15, -0.1) is 11.3 Å². The third-order valence-corrected chi connectivity index (χ3v) is 6.33. The lowest BCUT2D eigenvalue weighted by molar-refractivity contribution is 0.0740. The summed E-state index contributed by atoms with van der Waals surface area (Å²) in [6.07, 6.45) is 4.76. The van der Waals surface area contributed by atoms with Crippen molar-refractivity contribution in [2.75, 3.05) is 6.54 Å². The first-order chi connectivity index (χ1) is 12.6. The van der Waals surface area contributed by atoms with E-state index in [1.54, 1.807) is 12.1 Å². The Hall–Kier alpha value is -2.21. The second-order valence-electron chi connectivity index (χ2n) is 7.44. The fraction of sp³-hybridized carbons (Fsp3) is 0.400. The highest BCUT2D eigenvalue weighted by Crippen LogP contribution is 2.37. The Morgan fingerprint density at radius 1 is 1.27 bits per heavy atom. The van der Waals surface area contributed by atoms with Crippen molar-refractivity contribution in [1.82, 2.24) is 14.7 Å². The average molecular weight is 369 g/mol. The second-order valence-corrected chi connectivity index (χ2v) is 8.47. The number of hydrogen-bond donors (Lipinski definition) is 0. The van der Waals surface area contributed by atoms with Crippen LogP contribution in [0.15, 0.2) is 30.3 Å². The van der Waals surface area contributed by atoms with Gasteiger partial charge in [0.25, 0.3) is 5.91 Å². The number of aromatic nitrogens is 2. The van der Waals surface area contributed by atoms with Crippen molar-refractivity contribution >= 4 is 27.5 Å². The third kappa shape index (κ3) is 2.82. The van der Waals surface area contributed by atoms with Crippen LogP contribution in [0.1, 0.15) is 41.0 Å². The summed E-state index contributed by atoms with van der Waals surface area (Å²) in [6.45, 7) is 2.85. The average Bonchev–Trinajstić information content (AvgIpc) is 3.54. The minimum atomic E-state index is -0.268. The molecule has 2 aliphatic carbocycles. The highest BCUT2D eigenvalue weighted by Gasteiger charge is 2.37. The zero-order valence-electron chi connectivity index (χ0n) is 14.6. The maximum absolute atomic E-state index is 13.2. The smallest absolute Gasteiger partial charge is 0.264 e. The van der Waals surface area contributed by atoms with Crippen molar-refractivity contribution in [2.24, 2.45) is 5.92 Å². The lowest BCUT2D eigenvalue weighted by Crippen LogP contribution is -2.34. The number of hydrogen-bond acceptors (Lipinski definition) is 3. The van der Waals surface area contributed by atoms with Crippen molar-refractivity contribution in [3.63, 3.8) is 0 Å². The molecule has 2 aliphatic rings. The minimum Gasteiger partial charge on any atom is -0.335 e. The minimum absolute atomic E-state index is 0.158. The first-order valence-corrected chi connectivity index (χ1v) is 9.98. The Balaban J connectivity index is 1.52. The number of aryl methyl sites for hydroxylation is 1. The lowest BCUT2D eigenvalue weighted by Gasteiger charge is -2.21. The Kier molecular flexibility index (Phi) is 3.64. The summed E-state index contributed by atoms with van der Waals surface area (Å²) in [5.74, 6) is 0.590. The van der Waals surface area contributed by atoms with Gasteiger partial charge in [-0.2, -0.15) is 5.10 Å². The molecule has 0 bridgehead atoms. The zero-order chi connectivity index (χ0) is 17.8. The van der Waals surface area contributed by atoms with Crippen LogP contribution in [0.25, 0.3) is 15.9 Å². The number of benzene rings is 1. The van der Waals surface area contributed by atoms with Crippen LogP contribution < -0.4 is 0 Å². The number of halogens is 1. The largest absolute Gasteiger partial charge is 0.335 e. The molecule has 0 unspecified atom stereocenters. The molecule has 6 heteroatoms. The van der Waals surface area contributed by atoms with Gasteiger partial charge in [0.2, 0.25) is 0 Å². The Morgan fingerprint density at radius 2 is 2.00 bits per heavy atom. The van der Waals surface area contributed by atoms with Crippen molar-refractivity contribution in [3.05, 3.63) is 46.7 Å². The fourth-order valence-electron chi connectivity index (χ4n) is 3.41. The highest BCUT2D eigenvalue weighted by atomic mass is 32.1. The first kappa shape index (κ1) is 16.0. The van der Waals surface area contributed by atoms with Gasteiger partial charge < -0.3 is 4.90 Å². The van der Waals surface area contributed by atoms with Gasteiger partial charge in [0, 0.05) is 18.0 Å². The molecule has 2 heterocycles. The number of thiophene rings is 1. The number of rotatable bonds is 5. The summed E-state index contributed by atoms with van der Waals surface area (Å²) in [5.41, 5.74) is 1.70. The summed E-state index contributed by atoms with van der Waals surface area (Å²) in [5, 5.41) is 5.59. The molecular weight excluding hydrogens is 349 g/mol. The van der Waals surface area contributed by atoms with Crippen molar-refractivity contribution in [1.29, 1.82) is 0 Å². The Labute approximate surface area is 155 Å². The molecule has 2 aromatic heterocycles. The van der Waals surface area contributed by atoms with Crippen LogP contribution >= 0.6 is 11.3 Å². The number of carbonyl (C=O) groups excluding carboxylic acids is 1. The van der Waals surface area contributed by atoms with Crippen LogP contribution in [0.5, 0.6) is 0 Å². The van der Waals surface area contributed by atoms with Gasteiger partial charge in [0.05, 0.1) is 16.3 Å². The molecule has 0 spiro atoms. The van der Waals surface area contributed by atoms with E-state index in [-0.39, 0.29) is 11.7 Å². The quantitative estimate of drug-likeness (QED) is 0.662. The normalized spacial score (nSPS) is 17.0. The fourth-order valence-corrected chi connectivity index (χ4v) is 4.55. The molecule has 0 radical (unpaired) electrons. The highest BCUT2D eigenvalue weighted by molar-refractivity contribution is 7.20. The molecule has 5 rings (SSSR count).